The zero-order valence-corrected chi connectivity index (χ0v) is 10.3. The molecule has 2 aromatic rings. The maximum Gasteiger partial charge on any atom is 0.266 e. The van der Waals surface area contributed by atoms with Gasteiger partial charge in [-0.15, -0.1) is 0 Å². The molecule has 1 aliphatic heterocycles. The van der Waals surface area contributed by atoms with Gasteiger partial charge in [-0.05, 0) is 42.5 Å². The van der Waals surface area contributed by atoms with E-state index in [0.717, 1.165) is 4.90 Å². The summed E-state index contributed by atoms with van der Waals surface area (Å²) < 4.78 is 12.9. The summed E-state index contributed by atoms with van der Waals surface area (Å²) in [5.41, 5.74) is 0.907. The van der Waals surface area contributed by atoms with Gasteiger partial charge >= 0.3 is 0 Å². The van der Waals surface area contributed by atoms with Crippen molar-refractivity contribution in [3.8, 4) is 0 Å². The third-order valence-electron chi connectivity index (χ3n) is 2.93. The monoisotopic (exact) mass is 275 g/mol. The molecule has 1 aliphatic rings. The third-order valence-corrected chi connectivity index (χ3v) is 3.17. The van der Waals surface area contributed by atoms with Gasteiger partial charge in [-0.2, -0.15) is 0 Å². The molecular weight excluding hydrogens is 269 g/mol. The molecule has 0 fully saturated rings. The fraction of sp³-hybridized carbons (Fsp3) is 0. The van der Waals surface area contributed by atoms with Crippen molar-refractivity contribution in [2.45, 2.75) is 0 Å². The molecule has 94 valence electrons. The maximum atomic E-state index is 12.9. The maximum absolute atomic E-state index is 12.9. The van der Waals surface area contributed by atoms with Crippen LogP contribution in [0.3, 0.4) is 0 Å². The topological polar surface area (TPSA) is 37.4 Å². The van der Waals surface area contributed by atoms with Crippen molar-refractivity contribution >= 4 is 29.1 Å². The summed E-state index contributed by atoms with van der Waals surface area (Å²) in [6.07, 6.45) is 0. The van der Waals surface area contributed by atoms with Crippen molar-refractivity contribution in [3.63, 3.8) is 0 Å². The highest BCUT2D eigenvalue weighted by Gasteiger charge is 2.36. The van der Waals surface area contributed by atoms with Crippen LogP contribution < -0.4 is 4.90 Å². The van der Waals surface area contributed by atoms with E-state index >= 15 is 0 Å². The molecule has 2 aromatic carbocycles. The molecule has 0 radical (unpaired) electrons. The number of rotatable bonds is 1. The van der Waals surface area contributed by atoms with Gasteiger partial charge in [-0.1, -0.05) is 11.6 Å². The minimum atomic E-state index is -0.450. The Hall–Kier alpha value is -2.20. The van der Waals surface area contributed by atoms with E-state index in [9.17, 15) is 14.0 Å². The Bertz CT molecular complexity index is 697. The zero-order chi connectivity index (χ0) is 13.6. The van der Waals surface area contributed by atoms with Gasteiger partial charge in [0.05, 0.1) is 16.8 Å². The number of halogens is 2. The molecule has 0 spiro atoms. The lowest BCUT2D eigenvalue weighted by Crippen LogP contribution is -2.29. The van der Waals surface area contributed by atoms with E-state index in [4.69, 9.17) is 11.6 Å². The molecule has 1 heterocycles. The first-order valence-corrected chi connectivity index (χ1v) is 5.89. The quantitative estimate of drug-likeness (QED) is 0.749. The summed E-state index contributed by atoms with van der Waals surface area (Å²) in [5, 5.41) is 0.390. The molecule has 0 atom stereocenters. The van der Waals surface area contributed by atoms with Crippen molar-refractivity contribution in [2.75, 3.05) is 4.90 Å². The van der Waals surface area contributed by atoms with Gasteiger partial charge in [0.1, 0.15) is 5.82 Å². The smallest absolute Gasteiger partial charge is 0.266 e. The second-order valence-corrected chi connectivity index (χ2v) is 4.55. The first-order valence-electron chi connectivity index (χ1n) is 5.52. The largest absolute Gasteiger partial charge is 0.268 e. The van der Waals surface area contributed by atoms with Gasteiger partial charge in [0.25, 0.3) is 11.8 Å². The highest BCUT2D eigenvalue weighted by molar-refractivity contribution is 6.36. The molecule has 0 bridgehead atoms. The Balaban J connectivity index is 2.10. The number of carbonyl (C=O) groups excluding carboxylic acids is 2. The number of fused-ring (bicyclic) bond motifs is 1. The first-order chi connectivity index (χ1) is 9.08. The number of imide groups is 1. The summed E-state index contributed by atoms with van der Waals surface area (Å²) >= 11 is 5.82. The minimum Gasteiger partial charge on any atom is -0.268 e. The predicted octanol–water partition coefficient (Wildman–Crippen LogP) is 3.28. The van der Waals surface area contributed by atoms with Crippen LogP contribution in [0.1, 0.15) is 20.7 Å². The van der Waals surface area contributed by atoms with Crippen LogP contribution in [-0.2, 0) is 0 Å². The molecule has 3 nitrogen and oxygen atoms in total. The van der Waals surface area contributed by atoms with E-state index in [1.807, 2.05) is 0 Å². The summed E-state index contributed by atoms with van der Waals surface area (Å²) in [6.45, 7) is 0. The van der Waals surface area contributed by atoms with E-state index in [0.29, 0.717) is 16.3 Å². The molecule has 19 heavy (non-hydrogen) atoms. The van der Waals surface area contributed by atoms with Gasteiger partial charge < -0.3 is 0 Å². The average molecular weight is 276 g/mol. The number of anilines is 1. The number of hydrogen-bond donors (Lipinski definition) is 0. The molecule has 5 heteroatoms. The van der Waals surface area contributed by atoms with Crippen molar-refractivity contribution < 1.29 is 14.0 Å². The van der Waals surface area contributed by atoms with Crippen LogP contribution in [0.2, 0.25) is 5.02 Å². The number of nitrogens with zero attached hydrogens (tertiary/aromatic N) is 1. The van der Waals surface area contributed by atoms with Gasteiger partial charge in [0.2, 0.25) is 0 Å². The molecular formula is C14H7ClFNO2. The van der Waals surface area contributed by atoms with Crippen LogP contribution in [0.15, 0.2) is 42.5 Å². The van der Waals surface area contributed by atoms with Crippen LogP contribution >= 0.6 is 11.6 Å². The summed E-state index contributed by atoms with van der Waals surface area (Å²) in [5.74, 6) is -1.30. The van der Waals surface area contributed by atoms with E-state index in [-0.39, 0.29) is 5.56 Å². The molecule has 0 N–H and O–H groups in total. The van der Waals surface area contributed by atoms with E-state index in [1.54, 1.807) is 6.07 Å². The first kappa shape index (κ1) is 11.9. The van der Waals surface area contributed by atoms with Crippen LogP contribution in [0.4, 0.5) is 10.1 Å². The lowest BCUT2D eigenvalue weighted by molar-refractivity contribution is 0.0926. The molecule has 0 aliphatic carbocycles. The normalized spacial score (nSPS) is 13.9. The van der Waals surface area contributed by atoms with Crippen LogP contribution in [-0.4, -0.2) is 11.8 Å². The van der Waals surface area contributed by atoms with Gasteiger partial charge in [0.15, 0.2) is 0 Å². The number of hydrogen-bond acceptors (Lipinski definition) is 2. The lowest BCUT2D eigenvalue weighted by Gasteiger charge is -2.13. The molecule has 2 amide bonds. The highest BCUT2D eigenvalue weighted by Crippen LogP contribution is 2.30. The van der Waals surface area contributed by atoms with Crippen LogP contribution in [0, 0.1) is 5.82 Å². The second kappa shape index (κ2) is 4.17. The number of benzene rings is 2. The minimum absolute atomic E-state index is 0.266. The molecule has 0 aromatic heterocycles. The predicted molar refractivity (Wildman–Crippen MR) is 69.0 cm³/mol. The van der Waals surface area contributed by atoms with Crippen molar-refractivity contribution in [1.29, 1.82) is 0 Å². The molecule has 0 saturated heterocycles. The van der Waals surface area contributed by atoms with Crippen LogP contribution in [0.5, 0.6) is 0 Å². The molecule has 0 saturated carbocycles. The van der Waals surface area contributed by atoms with Crippen molar-refractivity contribution in [2.24, 2.45) is 0 Å². The van der Waals surface area contributed by atoms with Gasteiger partial charge in [-0.3, -0.25) is 9.59 Å². The van der Waals surface area contributed by atoms with E-state index in [1.165, 1.54) is 36.4 Å². The Morgan fingerprint density at radius 1 is 0.895 bits per heavy atom. The second-order valence-electron chi connectivity index (χ2n) is 4.11. The Kier molecular flexibility index (Phi) is 2.61. The number of amides is 2. The number of carbonyl (C=O) groups is 2. The average Bonchev–Trinajstić information content (AvgIpc) is 2.63. The van der Waals surface area contributed by atoms with E-state index in [2.05, 4.69) is 0 Å². The van der Waals surface area contributed by atoms with Crippen molar-refractivity contribution in [1.82, 2.24) is 0 Å². The Morgan fingerprint density at radius 2 is 1.53 bits per heavy atom. The SMILES string of the molecule is O=C1c2ccc(Cl)cc2C(=O)N1c1ccc(F)cc1. The summed E-state index contributed by atoms with van der Waals surface area (Å²) in [4.78, 5) is 25.4. The molecule has 3 rings (SSSR count). The Morgan fingerprint density at radius 3 is 2.21 bits per heavy atom. The third kappa shape index (κ3) is 1.81. The lowest BCUT2D eigenvalue weighted by atomic mass is 10.1. The summed E-state index contributed by atoms with van der Waals surface area (Å²) in [7, 11) is 0. The van der Waals surface area contributed by atoms with Gasteiger partial charge in [-0.25, -0.2) is 9.29 Å². The van der Waals surface area contributed by atoms with Crippen molar-refractivity contribution in [3.05, 3.63) is 64.4 Å². The standard InChI is InChI=1S/C14H7ClFNO2/c15-8-1-6-11-12(7-8)14(19)17(13(11)18)10-4-2-9(16)3-5-10/h1-7H. The highest BCUT2D eigenvalue weighted by atomic mass is 35.5. The van der Waals surface area contributed by atoms with Gasteiger partial charge in [0, 0.05) is 5.02 Å². The van der Waals surface area contributed by atoms with E-state index < -0.39 is 17.6 Å². The van der Waals surface area contributed by atoms with Crippen LogP contribution in [0.25, 0.3) is 0 Å². The molecule has 0 unspecified atom stereocenters. The fourth-order valence-corrected chi connectivity index (χ4v) is 2.21. The Labute approximate surface area is 113 Å². The fourth-order valence-electron chi connectivity index (χ4n) is 2.04. The summed E-state index contributed by atoms with van der Waals surface area (Å²) in [6, 6.07) is 9.71. The zero-order valence-electron chi connectivity index (χ0n) is 9.56.